The fraction of sp³-hybridized carbons (Fsp3) is 0.211. The summed E-state index contributed by atoms with van der Waals surface area (Å²) in [6.07, 6.45) is 1.80. The number of amides is 1. The molecule has 1 aliphatic heterocycles. The lowest BCUT2D eigenvalue weighted by molar-refractivity contribution is -0.117. The molecule has 1 N–H and O–H groups in total. The van der Waals surface area contributed by atoms with Crippen molar-refractivity contribution >= 4 is 11.9 Å². The van der Waals surface area contributed by atoms with Gasteiger partial charge in [-0.25, -0.2) is 4.68 Å². The molecule has 1 amide bonds. The molecule has 0 radical (unpaired) electrons. The molecule has 0 spiro atoms. The van der Waals surface area contributed by atoms with E-state index in [1.54, 1.807) is 4.68 Å². The smallest absolute Gasteiger partial charge is 0.229 e. The first-order chi connectivity index (χ1) is 12.2. The molecular weight excluding hydrogens is 316 g/mol. The number of rotatable bonds is 4. The second-order valence-electron chi connectivity index (χ2n) is 6.14. The highest BCUT2D eigenvalue weighted by Crippen LogP contribution is 2.29. The molecule has 1 atom stereocenters. The molecule has 0 saturated heterocycles. The molecule has 2 aromatic carbocycles. The summed E-state index contributed by atoms with van der Waals surface area (Å²) in [5.74, 6) is 1.23. The number of nitrogens with zero attached hydrogens (tertiary/aromatic N) is 3. The lowest BCUT2D eigenvalue weighted by Gasteiger charge is -2.23. The van der Waals surface area contributed by atoms with Crippen LogP contribution in [-0.4, -0.2) is 20.7 Å². The minimum Gasteiger partial charge on any atom is -0.489 e. The second kappa shape index (κ2) is 6.39. The van der Waals surface area contributed by atoms with Crippen LogP contribution >= 0.6 is 0 Å². The minimum absolute atomic E-state index is 0.0507. The van der Waals surface area contributed by atoms with Gasteiger partial charge in [0.15, 0.2) is 0 Å². The first kappa shape index (κ1) is 15.4. The van der Waals surface area contributed by atoms with Gasteiger partial charge in [0.05, 0.1) is 12.5 Å². The van der Waals surface area contributed by atoms with E-state index < -0.39 is 0 Å². The Labute approximate surface area is 145 Å². The average Bonchev–Trinajstić information content (AvgIpc) is 3.09. The maximum absolute atomic E-state index is 11.8. The summed E-state index contributed by atoms with van der Waals surface area (Å²) < 4.78 is 7.58. The van der Waals surface area contributed by atoms with Gasteiger partial charge < -0.3 is 4.74 Å². The fourth-order valence-corrected chi connectivity index (χ4v) is 2.90. The van der Waals surface area contributed by atoms with Crippen LogP contribution in [0, 0.1) is 6.92 Å². The van der Waals surface area contributed by atoms with E-state index in [2.05, 4.69) is 46.6 Å². The zero-order valence-corrected chi connectivity index (χ0v) is 13.8. The predicted octanol–water partition coefficient (Wildman–Crippen LogP) is 3.10. The van der Waals surface area contributed by atoms with E-state index in [0.29, 0.717) is 19.0 Å². The molecular formula is C19H18N4O2. The van der Waals surface area contributed by atoms with Crippen LogP contribution in [0.2, 0.25) is 0 Å². The lowest BCUT2D eigenvalue weighted by Crippen LogP contribution is -2.29. The van der Waals surface area contributed by atoms with Gasteiger partial charge in [-0.05, 0) is 30.2 Å². The number of ether oxygens (including phenoxy) is 1. The molecule has 25 heavy (non-hydrogen) atoms. The van der Waals surface area contributed by atoms with Crippen LogP contribution in [0.1, 0.15) is 29.2 Å². The number of carbonyl (C=O) groups excluding carboxylic acids is 1. The van der Waals surface area contributed by atoms with Crippen molar-refractivity contribution in [2.45, 2.75) is 26.0 Å². The maximum atomic E-state index is 11.8. The number of aromatic nitrogens is 3. The number of aryl methyl sites for hydroxylation is 1. The van der Waals surface area contributed by atoms with Gasteiger partial charge in [-0.3, -0.25) is 10.1 Å². The molecule has 4 rings (SSSR count). The highest BCUT2D eigenvalue weighted by atomic mass is 16.5. The standard InChI is InChI=1S/C19H18N4O2/c1-13-2-4-14(5-3-13)11-25-16-8-6-15(7-9-16)17-10-18(24)22-19-20-12-21-23(17)19/h2-9,12,17H,10-11H2,1H3,(H,20,21,22,24)/t17-/m0/s1. The number of anilines is 1. The fourth-order valence-electron chi connectivity index (χ4n) is 2.90. The molecule has 6 heteroatoms. The molecule has 0 unspecified atom stereocenters. The van der Waals surface area contributed by atoms with Gasteiger partial charge in [-0.15, -0.1) is 0 Å². The van der Waals surface area contributed by atoms with Crippen molar-refractivity contribution in [1.82, 2.24) is 14.8 Å². The topological polar surface area (TPSA) is 69.0 Å². The van der Waals surface area contributed by atoms with Crippen molar-refractivity contribution in [2.75, 3.05) is 5.32 Å². The molecule has 126 valence electrons. The largest absolute Gasteiger partial charge is 0.489 e. The molecule has 3 aromatic rings. The number of hydrogen-bond donors (Lipinski definition) is 1. The Hall–Kier alpha value is -3.15. The van der Waals surface area contributed by atoms with Crippen LogP contribution in [-0.2, 0) is 11.4 Å². The van der Waals surface area contributed by atoms with Gasteiger partial charge in [-0.1, -0.05) is 42.0 Å². The van der Waals surface area contributed by atoms with Crippen molar-refractivity contribution in [1.29, 1.82) is 0 Å². The molecule has 6 nitrogen and oxygen atoms in total. The lowest BCUT2D eigenvalue weighted by atomic mass is 10.0. The van der Waals surface area contributed by atoms with E-state index in [0.717, 1.165) is 16.9 Å². The van der Waals surface area contributed by atoms with Crippen molar-refractivity contribution < 1.29 is 9.53 Å². The van der Waals surface area contributed by atoms with Crippen molar-refractivity contribution in [3.63, 3.8) is 0 Å². The van der Waals surface area contributed by atoms with E-state index in [1.807, 2.05) is 24.3 Å². The van der Waals surface area contributed by atoms with Gasteiger partial charge >= 0.3 is 0 Å². The van der Waals surface area contributed by atoms with Crippen LogP contribution < -0.4 is 10.1 Å². The van der Waals surface area contributed by atoms with Gasteiger partial charge in [0.25, 0.3) is 0 Å². The summed E-state index contributed by atoms with van der Waals surface area (Å²) in [5.41, 5.74) is 3.37. The monoisotopic (exact) mass is 334 g/mol. The van der Waals surface area contributed by atoms with E-state index in [9.17, 15) is 4.79 Å². The Bertz CT molecular complexity index is 885. The molecule has 0 saturated carbocycles. The normalized spacial score (nSPS) is 16.2. The Morgan fingerprint density at radius 2 is 1.92 bits per heavy atom. The quantitative estimate of drug-likeness (QED) is 0.796. The first-order valence-electron chi connectivity index (χ1n) is 8.17. The Morgan fingerprint density at radius 3 is 2.68 bits per heavy atom. The average molecular weight is 334 g/mol. The van der Waals surface area contributed by atoms with Crippen LogP contribution in [0.15, 0.2) is 54.9 Å². The molecule has 0 bridgehead atoms. The van der Waals surface area contributed by atoms with Crippen LogP contribution in [0.25, 0.3) is 0 Å². The summed E-state index contributed by atoms with van der Waals surface area (Å²) in [4.78, 5) is 15.9. The molecule has 0 fully saturated rings. The van der Waals surface area contributed by atoms with E-state index in [4.69, 9.17) is 4.74 Å². The number of hydrogen-bond acceptors (Lipinski definition) is 4. The Morgan fingerprint density at radius 1 is 1.16 bits per heavy atom. The summed E-state index contributed by atoms with van der Waals surface area (Å²) in [6, 6.07) is 15.9. The van der Waals surface area contributed by atoms with Crippen LogP contribution in [0.4, 0.5) is 5.95 Å². The third-order valence-corrected chi connectivity index (χ3v) is 4.29. The highest BCUT2D eigenvalue weighted by molar-refractivity contribution is 5.91. The summed E-state index contributed by atoms with van der Waals surface area (Å²) in [5, 5.41) is 6.93. The third-order valence-electron chi connectivity index (χ3n) is 4.29. The van der Waals surface area contributed by atoms with E-state index in [1.165, 1.54) is 11.9 Å². The molecule has 2 heterocycles. The number of benzene rings is 2. The minimum atomic E-state index is -0.141. The number of nitrogens with one attached hydrogen (secondary N) is 1. The summed E-state index contributed by atoms with van der Waals surface area (Å²) >= 11 is 0. The van der Waals surface area contributed by atoms with Gasteiger partial charge in [0, 0.05) is 0 Å². The Balaban J connectivity index is 1.47. The zero-order chi connectivity index (χ0) is 17.2. The third kappa shape index (κ3) is 3.24. The van der Waals surface area contributed by atoms with Gasteiger partial charge in [-0.2, -0.15) is 10.1 Å². The van der Waals surface area contributed by atoms with E-state index >= 15 is 0 Å². The predicted molar refractivity (Wildman–Crippen MR) is 93.4 cm³/mol. The van der Waals surface area contributed by atoms with Gasteiger partial charge in [0.1, 0.15) is 18.7 Å². The van der Waals surface area contributed by atoms with Crippen molar-refractivity contribution in [2.24, 2.45) is 0 Å². The summed E-state index contributed by atoms with van der Waals surface area (Å²) in [6.45, 7) is 2.59. The first-order valence-corrected chi connectivity index (χ1v) is 8.17. The maximum Gasteiger partial charge on any atom is 0.229 e. The highest BCUT2D eigenvalue weighted by Gasteiger charge is 2.27. The number of fused-ring (bicyclic) bond motifs is 1. The molecule has 1 aliphatic rings. The Kier molecular flexibility index (Phi) is 3.93. The SMILES string of the molecule is Cc1ccc(COc2ccc([C@@H]3CC(=O)Nc4ncnn43)cc2)cc1. The van der Waals surface area contributed by atoms with Crippen LogP contribution in [0.3, 0.4) is 0 Å². The molecule has 0 aliphatic carbocycles. The second-order valence-corrected chi connectivity index (χ2v) is 6.14. The molecule has 1 aromatic heterocycles. The number of carbonyl (C=O) groups is 1. The van der Waals surface area contributed by atoms with Crippen molar-refractivity contribution in [3.8, 4) is 5.75 Å². The van der Waals surface area contributed by atoms with E-state index in [-0.39, 0.29) is 11.9 Å². The van der Waals surface area contributed by atoms with Gasteiger partial charge in [0.2, 0.25) is 11.9 Å². The van der Waals surface area contributed by atoms with Crippen molar-refractivity contribution in [3.05, 3.63) is 71.5 Å². The van der Waals surface area contributed by atoms with Crippen LogP contribution in [0.5, 0.6) is 5.75 Å². The zero-order valence-electron chi connectivity index (χ0n) is 13.8. The summed E-state index contributed by atoms with van der Waals surface area (Å²) in [7, 11) is 0.